The summed E-state index contributed by atoms with van der Waals surface area (Å²) in [6, 6.07) is 26.6. The lowest BCUT2D eigenvalue weighted by molar-refractivity contribution is -0.432. The Morgan fingerprint density at radius 2 is 1.33 bits per heavy atom. The second kappa shape index (κ2) is 5.00. The van der Waals surface area contributed by atoms with Gasteiger partial charge in [-0.05, 0) is 17.6 Å². The molecule has 5 rings (SSSR count). The molecule has 0 aliphatic carbocycles. The number of para-hydroxylation sites is 2. The van der Waals surface area contributed by atoms with Gasteiger partial charge in [0.05, 0.1) is 0 Å². The van der Waals surface area contributed by atoms with Gasteiger partial charge in [0, 0.05) is 11.1 Å². The van der Waals surface area contributed by atoms with Crippen LogP contribution in [0.4, 0.5) is 0 Å². The van der Waals surface area contributed by atoms with Gasteiger partial charge in [-0.2, -0.15) is 0 Å². The lowest BCUT2D eigenvalue weighted by Gasteiger charge is -2.28. The summed E-state index contributed by atoms with van der Waals surface area (Å²) in [5, 5.41) is 0. The monoisotopic (exact) mass is 313 g/mol. The van der Waals surface area contributed by atoms with Crippen LogP contribution in [0, 0.1) is 0 Å². The van der Waals surface area contributed by atoms with Gasteiger partial charge in [0.1, 0.15) is 24.3 Å². The molecule has 0 N–H and O–H groups in total. The molecule has 3 nitrogen and oxygen atoms in total. The van der Waals surface area contributed by atoms with Crippen molar-refractivity contribution in [3.8, 4) is 11.5 Å². The molecule has 116 valence electrons. The third-order valence-electron chi connectivity index (χ3n) is 4.76. The van der Waals surface area contributed by atoms with E-state index >= 15 is 0 Å². The van der Waals surface area contributed by atoms with E-state index in [2.05, 4.69) is 47.1 Å². The topological polar surface area (TPSA) is 21.5 Å². The second-order valence-corrected chi connectivity index (χ2v) is 6.27. The zero-order valence-corrected chi connectivity index (χ0v) is 13.1. The smallest absolute Gasteiger partial charge is 0.617 e. The second-order valence-electron chi connectivity index (χ2n) is 6.27. The highest BCUT2D eigenvalue weighted by atomic mass is 16.7. The Balaban J connectivity index is 1.62. The molecule has 0 saturated heterocycles. The lowest BCUT2D eigenvalue weighted by Crippen LogP contribution is -2.63. The molecular weight excluding hydrogens is 297 g/mol. The van der Waals surface area contributed by atoms with E-state index in [1.807, 2.05) is 42.5 Å². The van der Waals surface area contributed by atoms with Gasteiger partial charge in [-0.1, -0.05) is 66.7 Å². The maximum atomic E-state index is 6.40. The minimum absolute atomic E-state index is 0.740. The van der Waals surface area contributed by atoms with Crippen LogP contribution in [0.3, 0.4) is 0 Å². The van der Waals surface area contributed by atoms with Crippen molar-refractivity contribution in [1.29, 1.82) is 0 Å². The van der Waals surface area contributed by atoms with Crippen molar-refractivity contribution >= 4 is 18.4 Å². The van der Waals surface area contributed by atoms with Crippen molar-refractivity contribution in [2.75, 3.05) is 0 Å². The molecule has 0 bridgehead atoms. The summed E-state index contributed by atoms with van der Waals surface area (Å²) in [6.07, 6.45) is 2.15. The van der Waals surface area contributed by atoms with Crippen molar-refractivity contribution in [1.82, 2.24) is 0 Å². The van der Waals surface area contributed by atoms with E-state index < -0.39 is 6.69 Å². The molecule has 4 heteroatoms. The quantitative estimate of drug-likeness (QED) is 0.679. The van der Waals surface area contributed by atoms with E-state index in [0.717, 1.165) is 29.1 Å². The predicted molar refractivity (Wildman–Crippen MR) is 95.1 cm³/mol. The molecule has 1 spiro atoms. The van der Waals surface area contributed by atoms with Crippen LogP contribution in [0.1, 0.15) is 11.1 Å². The average Bonchev–Trinajstić information content (AvgIpc) is 3.15. The van der Waals surface area contributed by atoms with Crippen molar-refractivity contribution in [2.24, 2.45) is 0 Å². The summed E-state index contributed by atoms with van der Waals surface area (Å²) < 4.78 is 15.0. The highest BCUT2D eigenvalue weighted by Crippen LogP contribution is 2.38. The fourth-order valence-electron chi connectivity index (χ4n) is 3.65. The molecule has 0 atom stereocenters. The molecule has 0 aromatic heterocycles. The SMILES string of the molecule is C1=[N+](Cc2ccccc2)[B-]2(Oc3ccccc3O2)c2ccccc21. The molecule has 2 aliphatic heterocycles. The van der Waals surface area contributed by atoms with Gasteiger partial charge in [0.25, 0.3) is 0 Å². The van der Waals surface area contributed by atoms with E-state index in [-0.39, 0.29) is 0 Å². The van der Waals surface area contributed by atoms with E-state index in [1.54, 1.807) is 0 Å². The summed E-state index contributed by atoms with van der Waals surface area (Å²) in [5.41, 5.74) is 3.48. The fraction of sp³-hybridized carbons (Fsp3) is 0.0500. The van der Waals surface area contributed by atoms with Crippen molar-refractivity contribution in [3.05, 3.63) is 90.0 Å². The molecule has 0 amide bonds. The fourth-order valence-corrected chi connectivity index (χ4v) is 3.65. The van der Waals surface area contributed by atoms with Crippen molar-refractivity contribution in [2.45, 2.75) is 6.54 Å². The number of nitrogens with zero attached hydrogens (tertiary/aromatic N) is 1. The molecule has 0 radical (unpaired) electrons. The highest BCUT2D eigenvalue weighted by molar-refractivity contribution is 6.78. The van der Waals surface area contributed by atoms with Crippen molar-refractivity contribution in [3.63, 3.8) is 0 Å². The van der Waals surface area contributed by atoms with Gasteiger partial charge in [-0.15, -0.1) is 0 Å². The summed E-state index contributed by atoms with van der Waals surface area (Å²) in [5.74, 6) is 1.61. The molecular formula is C20H16BNO2. The summed E-state index contributed by atoms with van der Waals surface area (Å²) in [4.78, 5) is 0. The van der Waals surface area contributed by atoms with E-state index in [4.69, 9.17) is 9.31 Å². The standard InChI is InChI=1S/C20H16BNO2/c1-2-8-16(9-3-1)14-22-15-17-10-4-5-11-18(17)21(22)23-19-12-6-7-13-20(19)24-21/h1-13,15H,14H2. The zero-order valence-electron chi connectivity index (χ0n) is 13.1. The largest absolute Gasteiger partial charge is 0.680 e. The highest BCUT2D eigenvalue weighted by Gasteiger charge is 2.57. The Morgan fingerprint density at radius 3 is 2.08 bits per heavy atom. The molecule has 3 aromatic carbocycles. The van der Waals surface area contributed by atoms with Crippen LogP contribution in [0.25, 0.3) is 0 Å². The molecule has 3 aromatic rings. The zero-order chi connectivity index (χ0) is 16.0. The van der Waals surface area contributed by atoms with Crippen LogP contribution in [-0.4, -0.2) is 17.4 Å². The van der Waals surface area contributed by atoms with Crippen molar-refractivity contribution < 1.29 is 13.8 Å². The predicted octanol–water partition coefficient (Wildman–Crippen LogP) is 2.95. The number of rotatable bonds is 2. The molecule has 2 heterocycles. The van der Waals surface area contributed by atoms with Crippen LogP contribution < -0.4 is 14.8 Å². The van der Waals surface area contributed by atoms with Gasteiger partial charge >= 0.3 is 6.69 Å². The minimum Gasteiger partial charge on any atom is -0.617 e. The Bertz CT molecular complexity index is 928. The van der Waals surface area contributed by atoms with Gasteiger partial charge in [0.2, 0.25) is 0 Å². The first kappa shape index (κ1) is 13.4. The first-order valence-electron chi connectivity index (χ1n) is 8.21. The first-order chi connectivity index (χ1) is 11.9. The maximum absolute atomic E-state index is 6.40. The number of benzene rings is 3. The van der Waals surface area contributed by atoms with E-state index in [1.165, 1.54) is 5.56 Å². The Labute approximate surface area is 140 Å². The summed E-state index contributed by atoms with van der Waals surface area (Å²) in [6.45, 7) is -0.995. The van der Waals surface area contributed by atoms with Crippen LogP contribution in [0.15, 0.2) is 78.9 Å². The first-order valence-corrected chi connectivity index (χ1v) is 8.21. The number of hydrogen-bond acceptors (Lipinski definition) is 2. The normalized spacial score (nSPS) is 16.1. The Morgan fingerprint density at radius 1 is 0.708 bits per heavy atom. The van der Waals surface area contributed by atoms with E-state index in [0.29, 0.717) is 0 Å². The molecule has 0 unspecified atom stereocenters. The van der Waals surface area contributed by atoms with Gasteiger partial charge in [-0.25, -0.2) is 0 Å². The third kappa shape index (κ3) is 1.89. The van der Waals surface area contributed by atoms with Gasteiger partial charge in [-0.3, -0.25) is 0 Å². The van der Waals surface area contributed by atoms with Crippen LogP contribution >= 0.6 is 0 Å². The summed E-state index contributed by atoms with van der Waals surface area (Å²) >= 11 is 0. The Kier molecular flexibility index (Phi) is 2.80. The van der Waals surface area contributed by atoms with Crippen LogP contribution in [-0.2, 0) is 6.54 Å². The molecule has 24 heavy (non-hydrogen) atoms. The molecule has 0 saturated carbocycles. The number of hydrogen-bond donors (Lipinski definition) is 0. The number of fused-ring (bicyclic) bond motifs is 3. The van der Waals surface area contributed by atoms with Crippen LogP contribution in [0.2, 0.25) is 0 Å². The van der Waals surface area contributed by atoms with E-state index in [9.17, 15) is 0 Å². The lowest BCUT2D eigenvalue weighted by atomic mass is 9.63. The third-order valence-corrected chi connectivity index (χ3v) is 4.76. The molecule has 0 fully saturated rings. The summed E-state index contributed by atoms with van der Waals surface area (Å²) in [7, 11) is 0. The maximum Gasteiger partial charge on any atom is 0.680 e. The van der Waals surface area contributed by atoms with Crippen LogP contribution in [0.5, 0.6) is 11.5 Å². The van der Waals surface area contributed by atoms with Gasteiger partial charge in [0.15, 0.2) is 0 Å². The average molecular weight is 313 g/mol. The van der Waals surface area contributed by atoms with Gasteiger partial charge < -0.3 is 13.8 Å². The minimum atomic E-state index is -1.73. The Hall–Kier alpha value is -3.01. The molecule has 2 aliphatic rings.